The van der Waals surface area contributed by atoms with Crippen molar-refractivity contribution in [3.63, 3.8) is 0 Å². The van der Waals surface area contributed by atoms with E-state index in [1.165, 1.54) is 18.2 Å². The zero-order chi connectivity index (χ0) is 23.3. The van der Waals surface area contributed by atoms with Crippen molar-refractivity contribution >= 4 is 11.9 Å². The summed E-state index contributed by atoms with van der Waals surface area (Å²) in [6.07, 6.45) is -5.21. The van der Waals surface area contributed by atoms with Crippen molar-refractivity contribution in [3.05, 3.63) is 70.3 Å². The molecule has 2 aromatic carbocycles. The van der Waals surface area contributed by atoms with Gasteiger partial charge in [0, 0.05) is 0 Å². The number of ether oxygens (including phenoxy) is 1. The van der Waals surface area contributed by atoms with E-state index in [1.807, 2.05) is 13.8 Å². The Morgan fingerprint density at radius 3 is 2.16 bits per heavy atom. The Morgan fingerprint density at radius 1 is 1.06 bits per heavy atom. The lowest BCUT2D eigenvalue weighted by atomic mass is 10.00. The van der Waals surface area contributed by atoms with Gasteiger partial charge in [0.1, 0.15) is 6.10 Å². The minimum atomic E-state index is -4.41. The second kappa shape index (κ2) is 9.96. The van der Waals surface area contributed by atoms with E-state index in [1.54, 1.807) is 26.0 Å². The van der Waals surface area contributed by atoms with Crippen LogP contribution in [0.2, 0.25) is 0 Å². The molecule has 8 heteroatoms. The SMILES string of the molecule is Cc1cc([C@H](C)NC(=O)C(OCc2ccc(C(F)(F)F)cc2)C(C)C)ccc1C(=O)O. The zero-order valence-corrected chi connectivity index (χ0v) is 17.8. The number of aromatic carboxylic acids is 1. The molecule has 2 rings (SSSR count). The number of nitrogens with one attached hydrogen (secondary N) is 1. The first kappa shape index (κ1) is 24.4. The first-order valence-corrected chi connectivity index (χ1v) is 9.82. The van der Waals surface area contributed by atoms with Crippen LogP contribution < -0.4 is 5.32 Å². The monoisotopic (exact) mass is 437 g/mol. The highest BCUT2D eigenvalue weighted by atomic mass is 19.4. The quantitative estimate of drug-likeness (QED) is 0.600. The first-order chi connectivity index (χ1) is 14.4. The number of hydrogen-bond donors (Lipinski definition) is 2. The van der Waals surface area contributed by atoms with Gasteiger partial charge in [0.2, 0.25) is 5.91 Å². The molecular weight excluding hydrogens is 411 g/mol. The number of carboxylic acid groups (broad SMARTS) is 1. The van der Waals surface area contributed by atoms with Crippen LogP contribution >= 0.6 is 0 Å². The van der Waals surface area contributed by atoms with E-state index in [0.29, 0.717) is 11.1 Å². The smallest absolute Gasteiger partial charge is 0.416 e. The van der Waals surface area contributed by atoms with Gasteiger partial charge in [0.15, 0.2) is 0 Å². The van der Waals surface area contributed by atoms with Crippen LogP contribution in [-0.2, 0) is 22.3 Å². The van der Waals surface area contributed by atoms with Crippen molar-refractivity contribution < 1.29 is 32.6 Å². The van der Waals surface area contributed by atoms with E-state index in [4.69, 9.17) is 9.84 Å². The minimum absolute atomic E-state index is 0.00476. The summed E-state index contributed by atoms with van der Waals surface area (Å²) in [7, 11) is 0. The fourth-order valence-corrected chi connectivity index (χ4v) is 3.12. The molecule has 0 aromatic heterocycles. The highest BCUT2D eigenvalue weighted by molar-refractivity contribution is 5.89. The third-order valence-electron chi connectivity index (χ3n) is 4.91. The number of alkyl halides is 3. The van der Waals surface area contributed by atoms with Crippen molar-refractivity contribution in [2.24, 2.45) is 5.92 Å². The Balaban J connectivity index is 2.03. The van der Waals surface area contributed by atoms with Crippen molar-refractivity contribution in [2.45, 2.75) is 52.6 Å². The molecular formula is C23H26F3NO4. The number of carbonyl (C=O) groups is 2. The third kappa shape index (κ3) is 6.55. The molecule has 1 unspecified atom stereocenters. The summed E-state index contributed by atoms with van der Waals surface area (Å²) in [5.41, 5.74) is 1.32. The lowest BCUT2D eigenvalue weighted by molar-refractivity contribution is -0.137. The average Bonchev–Trinajstić information content (AvgIpc) is 2.67. The third-order valence-corrected chi connectivity index (χ3v) is 4.91. The lowest BCUT2D eigenvalue weighted by Crippen LogP contribution is -2.40. The van der Waals surface area contributed by atoms with Crippen LogP contribution in [0.4, 0.5) is 13.2 Å². The summed E-state index contributed by atoms with van der Waals surface area (Å²) in [6.45, 7) is 7.09. The van der Waals surface area contributed by atoms with Gasteiger partial charge in [0.25, 0.3) is 0 Å². The van der Waals surface area contributed by atoms with E-state index < -0.39 is 23.8 Å². The maximum Gasteiger partial charge on any atom is 0.416 e. The van der Waals surface area contributed by atoms with Gasteiger partial charge in [-0.15, -0.1) is 0 Å². The second-order valence-electron chi connectivity index (χ2n) is 7.78. The van der Waals surface area contributed by atoms with Crippen LogP contribution in [0, 0.1) is 12.8 Å². The number of amides is 1. The zero-order valence-electron chi connectivity index (χ0n) is 17.8. The van der Waals surface area contributed by atoms with Gasteiger partial charge in [-0.1, -0.05) is 38.1 Å². The van der Waals surface area contributed by atoms with Crippen molar-refractivity contribution in [2.75, 3.05) is 0 Å². The highest BCUT2D eigenvalue weighted by Gasteiger charge is 2.30. The fourth-order valence-electron chi connectivity index (χ4n) is 3.12. The molecule has 0 aliphatic rings. The average molecular weight is 437 g/mol. The predicted octanol–water partition coefficient (Wildman–Crippen LogP) is 5.13. The van der Waals surface area contributed by atoms with Crippen molar-refractivity contribution in [1.29, 1.82) is 0 Å². The van der Waals surface area contributed by atoms with E-state index in [0.717, 1.165) is 17.7 Å². The molecule has 0 aliphatic carbocycles. The molecule has 2 atom stereocenters. The Morgan fingerprint density at radius 2 is 1.68 bits per heavy atom. The molecule has 0 fully saturated rings. The van der Waals surface area contributed by atoms with Gasteiger partial charge in [-0.25, -0.2) is 4.79 Å². The number of benzene rings is 2. The molecule has 0 saturated carbocycles. The van der Waals surface area contributed by atoms with Gasteiger partial charge < -0.3 is 15.2 Å². The van der Waals surface area contributed by atoms with E-state index in [9.17, 15) is 22.8 Å². The molecule has 168 valence electrons. The van der Waals surface area contributed by atoms with Gasteiger partial charge in [-0.2, -0.15) is 13.2 Å². The number of rotatable bonds is 8. The van der Waals surface area contributed by atoms with Crippen molar-refractivity contribution in [3.8, 4) is 0 Å². The maximum absolute atomic E-state index is 12.8. The Kier molecular flexibility index (Phi) is 7.84. The van der Waals surface area contributed by atoms with Crippen LogP contribution in [0.1, 0.15) is 59.4 Å². The van der Waals surface area contributed by atoms with Crippen LogP contribution in [0.15, 0.2) is 42.5 Å². The summed E-state index contributed by atoms with van der Waals surface area (Å²) in [6, 6.07) is 9.09. The molecule has 0 saturated heterocycles. The molecule has 0 heterocycles. The highest BCUT2D eigenvalue weighted by Crippen LogP contribution is 2.29. The molecule has 2 aromatic rings. The summed E-state index contributed by atoms with van der Waals surface area (Å²) in [5, 5.41) is 12.0. The normalized spacial score (nSPS) is 13.7. The maximum atomic E-state index is 12.8. The van der Waals surface area contributed by atoms with E-state index >= 15 is 0 Å². The standard InChI is InChI=1S/C23H26F3NO4/c1-13(2)20(31-12-16-5-8-18(9-6-16)23(24,25)26)21(28)27-15(4)17-7-10-19(22(29)30)14(3)11-17/h5-11,13,15,20H,12H2,1-4H3,(H,27,28)(H,29,30)/t15-,20?/m0/s1. The summed E-state index contributed by atoms with van der Waals surface area (Å²) in [5.74, 6) is -1.54. The molecule has 1 amide bonds. The lowest BCUT2D eigenvalue weighted by Gasteiger charge is -2.24. The Labute approximate surface area is 179 Å². The number of carboxylic acids is 1. The largest absolute Gasteiger partial charge is 0.478 e. The summed E-state index contributed by atoms with van der Waals surface area (Å²) >= 11 is 0. The molecule has 0 radical (unpaired) electrons. The molecule has 0 spiro atoms. The van der Waals surface area contributed by atoms with Gasteiger partial charge in [0.05, 0.1) is 23.8 Å². The Bertz CT molecular complexity index is 923. The van der Waals surface area contributed by atoms with Gasteiger partial charge >= 0.3 is 12.1 Å². The molecule has 31 heavy (non-hydrogen) atoms. The molecule has 5 nitrogen and oxygen atoms in total. The van der Waals surface area contributed by atoms with E-state index in [2.05, 4.69) is 5.32 Å². The molecule has 2 N–H and O–H groups in total. The first-order valence-electron chi connectivity index (χ1n) is 9.82. The number of carbonyl (C=O) groups excluding carboxylic acids is 1. The predicted molar refractivity (Wildman–Crippen MR) is 110 cm³/mol. The minimum Gasteiger partial charge on any atom is -0.478 e. The Hall–Kier alpha value is -2.87. The number of hydrogen-bond acceptors (Lipinski definition) is 3. The summed E-state index contributed by atoms with van der Waals surface area (Å²) < 4.78 is 43.8. The number of halogens is 3. The van der Waals surface area contributed by atoms with E-state index in [-0.39, 0.29) is 30.0 Å². The number of aryl methyl sites for hydroxylation is 1. The van der Waals surface area contributed by atoms with Crippen LogP contribution in [-0.4, -0.2) is 23.1 Å². The van der Waals surface area contributed by atoms with Crippen LogP contribution in [0.5, 0.6) is 0 Å². The summed E-state index contributed by atoms with van der Waals surface area (Å²) in [4.78, 5) is 23.9. The van der Waals surface area contributed by atoms with Gasteiger partial charge in [-0.05, 0) is 54.7 Å². The topological polar surface area (TPSA) is 75.6 Å². The van der Waals surface area contributed by atoms with Gasteiger partial charge in [-0.3, -0.25) is 4.79 Å². The van der Waals surface area contributed by atoms with Crippen LogP contribution in [0.25, 0.3) is 0 Å². The fraction of sp³-hybridized carbons (Fsp3) is 0.391. The van der Waals surface area contributed by atoms with Crippen molar-refractivity contribution in [1.82, 2.24) is 5.32 Å². The molecule has 0 aliphatic heterocycles. The van der Waals surface area contributed by atoms with Crippen LogP contribution in [0.3, 0.4) is 0 Å². The second-order valence-corrected chi connectivity index (χ2v) is 7.78. The molecule has 0 bridgehead atoms.